The molecule has 0 radical (unpaired) electrons. The van der Waals surface area contributed by atoms with Gasteiger partial charge in [0.25, 0.3) is 0 Å². The number of hydrogen-bond donors (Lipinski definition) is 0. The Labute approximate surface area is 163 Å². The number of ether oxygens (including phenoxy) is 1. The lowest BCUT2D eigenvalue weighted by Crippen LogP contribution is -2.40. The summed E-state index contributed by atoms with van der Waals surface area (Å²) in [7, 11) is 1.61. The molecule has 2 aliphatic rings. The summed E-state index contributed by atoms with van der Waals surface area (Å²) in [4.78, 5) is 27.7. The largest absolute Gasteiger partial charge is 0.497 e. The zero-order chi connectivity index (χ0) is 19.0. The van der Waals surface area contributed by atoms with Gasteiger partial charge in [-0.25, -0.2) is 0 Å². The summed E-state index contributed by atoms with van der Waals surface area (Å²) in [5.74, 6) is 0.556. The lowest BCUT2D eigenvalue weighted by Gasteiger charge is -2.38. The minimum Gasteiger partial charge on any atom is -0.497 e. The van der Waals surface area contributed by atoms with Crippen LogP contribution in [0.4, 0.5) is 5.69 Å². The minimum absolute atomic E-state index is 0.0152. The van der Waals surface area contributed by atoms with Crippen molar-refractivity contribution in [3.63, 3.8) is 0 Å². The summed E-state index contributed by atoms with van der Waals surface area (Å²) < 4.78 is 5.21. The third-order valence-electron chi connectivity index (χ3n) is 5.29. The molecule has 0 aromatic heterocycles. The summed E-state index contributed by atoms with van der Waals surface area (Å²) in [5, 5.41) is 0.596. The van der Waals surface area contributed by atoms with Crippen LogP contribution in [0.2, 0.25) is 5.02 Å². The second-order valence-electron chi connectivity index (χ2n) is 6.84. The molecule has 0 fully saturated rings. The van der Waals surface area contributed by atoms with Gasteiger partial charge in [0, 0.05) is 40.7 Å². The number of halogens is 1. The van der Waals surface area contributed by atoms with Crippen LogP contribution in [0.5, 0.6) is 5.75 Å². The number of benzene rings is 2. The van der Waals surface area contributed by atoms with Crippen molar-refractivity contribution in [1.82, 2.24) is 0 Å². The molecule has 1 atom stereocenters. The first kappa shape index (κ1) is 17.8. The molecule has 1 aliphatic carbocycles. The third kappa shape index (κ3) is 3.15. The fourth-order valence-electron chi connectivity index (χ4n) is 4.05. The Morgan fingerprint density at radius 2 is 1.78 bits per heavy atom. The molecule has 4 rings (SSSR count). The van der Waals surface area contributed by atoms with E-state index in [2.05, 4.69) is 0 Å². The second-order valence-corrected chi connectivity index (χ2v) is 7.25. The van der Waals surface area contributed by atoms with E-state index in [0.717, 1.165) is 34.7 Å². The topological polar surface area (TPSA) is 46.6 Å². The average molecular weight is 382 g/mol. The van der Waals surface area contributed by atoms with Gasteiger partial charge in [0.05, 0.1) is 7.11 Å². The number of methoxy groups -OCH3 is 1. The number of carbonyl (C=O) groups excluding carboxylic acids is 2. The summed E-state index contributed by atoms with van der Waals surface area (Å²) in [6.45, 7) is 0. The van der Waals surface area contributed by atoms with Crippen LogP contribution in [0.3, 0.4) is 0 Å². The molecule has 1 unspecified atom stereocenters. The smallest absolute Gasteiger partial charge is 0.232 e. The highest BCUT2D eigenvalue weighted by molar-refractivity contribution is 6.31. The SMILES string of the molecule is COc1ccc(N2C(=O)CC(c3ccccc3Cl)C3=C2CCCC3=O)cc1. The molecule has 2 aromatic rings. The standard InChI is InChI=1S/C22H20ClNO3/c1-27-15-11-9-14(10-12-15)24-19-7-4-8-20(25)22(19)17(13-21(24)26)16-5-2-3-6-18(16)23/h2-3,5-6,9-12,17H,4,7-8,13H2,1H3. The predicted molar refractivity (Wildman–Crippen MR) is 105 cm³/mol. The zero-order valence-electron chi connectivity index (χ0n) is 15.1. The Kier molecular flexibility index (Phi) is 4.75. The van der Waals surface area contributed by atoms with E-state index >= 15 is 0 Å². The summed E-state index contributed by atoms with van der Waals surface area (Å²) in [6, 6.07) is 14.8. The van der Waals surface area contributed by atoms with Crippen molar-refractivity contribution in [2.45, 2.75) is 31.6 Å². The molecule has 1 amide bonds. The van der Waals surface area contributed by atoms with Gasteiger partial charge < -0.3 is 4.74 Å². The van der Waals surface area contributed by atoms with Crippen molar-refractivity contribution < 1.29 is 14.3 Å². The van der Waals surface area contributed by atoms with Crippen LogP contribution in [0.15, 0.2) is 59.8 Å². The number of rotatable bonds is 3. The monoisotopic (exact) mass is 381 g/mol. The van der Waals surface area contributed by atoms with Crippen LogP contribution < -0.4 is 9.64 Å². The molecule has 0 saturated heterocycles. The number of nitrogens with zero attached hydrogens (tertiary/aromatic N) is 1. The number of Topliss-reactive ketones (excluding diaryl/α,β-unsaturated/α-hetero) is 1. The molecule has 4 nitrogen and oxygen atoms in total. The fraction of sp³-hybridized carbons (Fsp3) is 0.273. The van der Waals surface area contributed by atoms with Gasteiger partial charge >= 0.3 is 0 Å². The molecular formula is C22H20ClNO3. The van der Waals surface area contributed by atoms with Gasteiger partial charge in [-0.2, -0.15) is 0 Å². The summed E-state index contributed by atoms with van der Waals surface area (Å²) in [6.07, 6.45) is 2.22. The minimum atomic E-state index is -0.275. The van der Waals surface area contributed by atoms with E-state index in [-0.39, 0.29) is 24.0 Å². The molecule has 2 aromatic carbocycles. The van der Waals surface area contributed by atoms with E-state index in [1.807, 2.05) is 48.5 Å². The van der Waals surface area contributed by atoms with E-state index in [4.69, 9.17) is 16.3 Å². The molecule has 0 N–H and O–H groups in total. The lowest BCUT2D eigenvalue weighted by atomic mass is 9.77. The highest BCUT2D eigenvalue weighted by Gasteiger charge is 2.40. The highest BCUT2D eigenvalue weighted by atomic mass is 35.5. The van der Waals surface area contributed by atoms with Crippen molar-refractivity contribution in [1.29, 1.82) is 0 Å². The van der Waals surface area contributed by atoms with Crippen LogP contribution in [0, 0.1) is 0 Å². The van der Waals surface area contributed by atoms with Crippen LogP contribution >= 0.6 is 11.6 Å². The van der Waals surface area contributed by atoms with Gasteiger partial charge in [0.15, 0.2) is 5.78 Å². The first-order valence-electron chi connectivity index (χ1n) is 9.08. The van der Waals surface area contributed by atoms with Crippen molar-refractivity contribution in [2.24, 2.45) is 0 Å². The predicted octanol–water partition coefficient (Wildman–Crippen LogP) is 4.88. The van der Waals surface area contributed by atoms with Crippen LogP contribution in [-0.4, -0.2) is 18.8 Å². The first-order chi connectivity index (χ1) is 13.1. The Morgan fingerprint density at radius 1 is 1.04 bits per heavy atom. The highest BCUT2D eigenvalue weighted by Crippen LogP contribution is 2.44. The number of allylic oxidation sites excluding steroid dienone is 2. The van der Waals surface area contributed by atoms with Gasteiger partial charge in [-0.05, 0) is 48.7 Å². The van der Waals surface area contributed by atoms with Gasteiger partial charge in [-0.3, -0.25) is 14.5 Å². The molecule has 0 saturated carbocycles. The Bertz CT molecular complexity index is 933. The van der Waals surface area contributed by atoms with Gasteiger partial charge in [0.1, 0.15) is 5.75 Å². The molecule has 138 valence electrons. The molecule has 27 heavy (non-hydrogen) atoms. The zero-order valence-corrected chi connectivity index (χ0v) is 15.8. The van der Waals surface area contributed by atoms with E-state index < -0.39 is 0 Å². The van der Waals surface area contributed by atoms with Crippen molar-refractivity contribution in [3.05, 3.63) is 70.4 Å². The second kappa shape index (κ2) is 7.20. The maximum absolute atomic E-state index is 13.1. The van der Waals surface area contributed by atoms with E-state index in [1.54, 1.807) is 12.0 Å². The number of hydrogen-bond acceptors (Lipinski definition) is 3. The van der Waals surface area contributed by atoms with E-state index in [9.17, 15) is 9.59 Å². The number of amides is 1. The van der Waals surface area contributed by atoms with E-state index in [1.165, 1.54) is 0 Å². The third-order valence-corrected chi connectivity index (χ3v) is 5.63. The Morgan fingerprint density at radius 3 is 2.48 bits per heavy atom. The maximum atomic E-state index is 13.1. The van der Waals surface area contributed by atoms with Crippen molar-refractivity contribution in [2.75, 3.05) is 12.0 Å². The number of ketones is 1. The van der Waals surface area contributed by atoms with Crippen molar-refractivity contribution >= 4 is 29.0 Å². The van der Waals surface area contributed by atoms with Crippen LogP contribution in [0.1, 0.15) is 37.2 Å². The Balaban J connectivity index is 1.84. The van der Waals surface area contributed by atoms with Crippen LogP contribution in [0.25, 0.3) is 0 Å². The van der Waals surface area contributed by atoms with Crippen LogP contribution in [-0.2, 0) is 9.59 Å². The van der Waals surface area contributed by atoms with E-state index in [0.29, 0.717) is 17.9 Å². The number of anilines is 1. The van der Waals surface area contributed by atoms with Gasteiger partial charge in [0.2, 0.25) is 5.91 Å². The normalized spacial score (nSPS) is 19.9. The molecular weight excluding hydrogens is 362 g/mol. The lowest BCUT2D eigenvalue weighted by molar-refractivity contribution is -0.119. The summed E-state index contributed by atoms with van der Waals surface area (Å²) >= 11 is 6.40. The Hall–Kier alpha value is -2.59. The first-order valence-corrected chi connectivity index (χ1v) is 9.45. The molecule has 0 spiro atoms. The molecule has 1 heterocycles. The fourth-order valence-corrected chi connectivity index (χ4v) is 4.31. The van der Waals surface area contributed by atoms with Crippen molar-refractivity contribution in [3.8, 4) is 5.75 Å². The molecule has 0 bridgehead atoms. The average Bonchev–Trinajstić information content (AvgIpc) is 2.68. The maximum Gasteiger partial charge on any atom is 0.232 e. The molecule has 5 heteroatoms. The number of carbonyl (C=O) groups is 2. The van der Waals surface area contributed by atoms with Gasteiger partial charge in [-0.1, -0.05) is 29.8 Å². The molecule has 1 aliphatic heterocycles. The quantitative estimate of drug-likeness (QED) is 0.761. The summed E-state index contributed by atoms with van der Waals surface area (Å²) in [5.41, 5.74) is 3.17. The van der Waals surface area contributed by atoms with Gasteiger partial charge in [-0.15, -0.1) is 0 Å².